The van der Waals surface area contributed by atoms with E-state index in [-0.39, 0.29) is 32.1 Å². The summed E-state index contributed by atoms with van der Waals surface area (Å²) < 4.78 is 0. The molecule has 0 saturated heterocycles. The van der Waals surface area contributed by atoms with E-state index in [9.17, 15) is 14.9 Å². The summed E-state index contributed by atoms with van der Waals surface area (Å²) in [5, 5.41) is 14.2. The number of carbonyl (C=O) groups excluding carboxylic acids is 1. The summed E-state index contributed by atoms with van der Waals surface area (Å²) in [6.45, 7) is 0. The van der Waals surface area contributed by atoms with Gasteiger partial charge in [-0.1, -0.05) is 46.9 Å². The van der Waals surface area contributed by atoms with E-state index in [2.05, 4.69) is 5.32 Å². The molecule has 8 heteroatoms. The van der Waals surface area contributed by atoms with Crippen LogP contribution in [0.2, 0.25) is 15.1 Å². The van der Waals surface area contributed by atoms with Gasteiger partial charge in [0.15, 0.2) is 5.78 Å². The third-order valence-electron chi connectivity index (χ3n) is 3.22. The van der Waals surface area contributed by atoms with Crippen LogP contribution in [0.5, 0.6) is 0 Å². The normalized spacial score (nSPS) is 10.8. The predicted octanol–water partition coefficient (Wildman–Crippen LogP) is 5.49. The zero-order valence-electron chi connectivity index (χ0n) is 12.3. The minimum absolute atomic E-state index is 0.0651. The van der Waals surface area contributed by atoms with Crippen LogP contribution in [0, 0.1) is 10.1 Å². The summed E-state index contributed by atoms with van der Waals surface area (Å²) in [6.07, 6.45) is 2.73. The van der Waals surface area contributed by atoms with Crippen molar-refractivity contribution in [2.24, 2.45) is 0 Å². The van der Waals surface area contributed by atoms with E-state index in [0.717, 1.165) is 0 Å². The zero-order chi connectivity index (χ0) is 17.9. The van der Waals surface area contributed by atoms with Crippen LogP contribution in [0.25, 0.3) is 6.08 Å². The van der Waals surface area contributed by atoms with Gasteiger partial charge in [-0.15, -0.1) is 0 Å². The largest absolute Gasteiger partial charge is 0.383 e. The van der Waals surface area contributed by atoms with Gasteiger partial charge in [0.05, 0.1) is 20.0 Å². The summed E-state index contributed by atoms with van der Waals surface area (Å²) in [6, 6.07) is 7.53. The number of carbonyl (C=O) groups is 1. The Morgan fingerprint density at radius 3 is 2.50 bits per heavy atom. The lowest BCUT2D eigenvalue weighted by molar-refractivity contribution is -0.383. The molecule has 0 aliphatic heterocycles. The molecule has 0 unspecified atom stereocenters. The Balaban J connectivity index is 2.31. The van der Waals surface area contributed by atoms with Gasteiger partial charge < -0.3 is 5.32 Å². The second-order valence-corrected chi connectivity index (χ2v) is 5.87. The average molecular weight is 386 g/mol. The highest BCUT2D eigenvalue weighted by molar-refractivity contribution is 6.49. The SMILES string of the molecule is CNc1ccc(C=CC(=O)c2ccc(Cl)c(Cl)c2Cl)cc1[N+](=O)[O-]. The number of ketones is 1. The Morgan fingerprint density at radius 1 is 1.17 bits per heavy atom. The molecule has 2 aromatic carbocycles. The topological polar surface area (TPSA) is 72.2 Å². The Morgan fingerprint density at radius 2 is 1.88 bits per heavy atom. The van der Waals surface area contributed by atoms with Crippen molar-refractivity contribution in [3.05, 3.63) is 72.7 Å². The van der Waals surface area contributed by atoms with Crippen LogP contribution in [0.15, 0.2) is 36.4 Å². The lowest BCUT2D eigenvalue weighted by atomic mass is 10.1. The third-order valence-corrected chi connectivity index (χ3v) is 4.51. The summed E-state index contributed by atoms with van der Waals surface area (Å²) in [7, 11) is 1.59. The molecule has 0 aromatic heterocycles. The Kier molecular flexibility index (Phi) is 5.83. The third kappa shape index (κ3) is 3.87. The van der Waals surface area contributed by atoms with E-state index in [0.29, 0.717) is 11.3 Å². The quantitative estimate of drug-likeness (QED) is 0.243. The Labute approximate surface area is 153 Å². The molecule has 0 radical (unpaired) electrons. The van der Waals surface area contributed by atoms with Crippen molar-refractivity contribution in [3.63, 3.8) is 0 Å². The number of nitrogens with one attached hydrogen (secondary N) is 1. The highest BCUT2D eigenvalue weighted by Gasteiger charge is 2.14. The molecule has 0 atom stereocenters. The maximum Gasteiger partial charge on any atom is 0.292 e. The van der Waals surface area contributed by atoms with Gasteiger partial charge in [-0.3, -0.25) is 14.9 Å². The number of hydrogen-bond donors (Lipinski definition) is 1. The minimum atomic E-state index is -0.499. The number of halogens is 3. The summed E-state index contributed by atoms with van der Waals surface area (Å²) in [5.74, 6) is -0.390. The lowest BCUT2D eigenvalue weighted by Gasteiger charge is -2.04. The van der Waals surface area contributed by atoms with Gasteiger partial charge in [-0.25, -0.2) is 0 Å². The van der Waals surface area contributed by atoms with Crippen LogP contribution in [-0.4, -0.2) is 17.8 Å². The lowest BCUT2D eigenvalue weighted by Crippen LogP contribution is -1.98. The van der Waals surface area contributed by atoms with Crippen molar-refractivity contribution in [1.82, 2.24) is 0 Å². The van der Waals surface area contributed by atoms with E-state index in [1.54, 1.807) is 19.2 Å². The fourth-order valence-electron chi connectivity index (χ4n) is 1.99. The maximum absolute atomic E-state index is 12.2. The maximum atomic E-state index is 12.2. The van der Waals surface area contributed by atoms with Crippen molar-refractivity contribution in [3.8, 4) is 0 Å². The number of hydrogen-bond acceptors (Lipinski definition) is 4. The first-order valence-corrected chi connectivity index (χ1v) is 7.80. The number of rotatable bonds is 5. The molecule has 2 rings (SSSR count). The number of nitro benzene ring substituents is 1. The van der Waals surface area contributed by atoms with Gasteiger partial charge in [-0.2, -0.15) is 0 Å². The van der Waals surface area contributed by atoms with Gasteiger partial charge in [-0.05, 0) is 29.8 Å². The van der Waals surface area contributed by atoms with Gasteiger partial charge >= 0.3 is 0 Å². The van der Waals surface area contributed by atoms with Gasteiger partial charge in [0.1, 0.15) is 5.69 Å². The van der Waals surface area contributed by atoms with Crippen LogP contribution in [0.4, 0.5) is 11.4 Å². The molecule has 1 N–H and O–H groups in total. The molecular formula is C16H11Cl3N2O3. The minimum Gasteiger partial charge on any atom is -0.383 e. The zero-order valence-corrected chi connectivity index (χ0v) is 14.6. The standard InChI is InChI=1S/C16H11Cl3N2O3/c1-20-12-6-2-9(8-13(12)21(23)24)3-7-14(22)10-4-5-11(17)16(19)15(10)18/h2-8,20H,1H3. The number of benzene rings is 2. The molecule has 0 aliphatic rings. The molecule has 0 amide bonds. The van der Waals surface area contributed by atoms with E-state index in [1.807, 2.05) is 0 Å². The van der Waals surface area contributed by atoms with E-state index in [1.165, 1.54) is 30.4 Å². The molecule has 2 aromatic rings. The van der Waals surface area contributed by atoms with E-state index in [4.69, 9.17) is 34.8 Å². The summed E-state index contributed by atoms with van der Waals surface area (Å²) >= 11 is 17.7. The molecule has 0 bridgehead atoms. The Bertz CT molecular complexity index is 851. The van der Waals surface area contributed by atoms with Crippen molar-refractivity contribution in [1.29, 1.82) is 0 Å². The van der Waals surface area contributed by atoms with Crippen LogP contribution >= 0.6 is 34.8 Å². The molecule has 0 fully saturated rings. The van der Waals surface area contributed by atoms with Crippen molar-refractivity contribution in [2.75, 3.05) is 12.4 Å². The molecule has 24 heavy (non-hydrogen) atoms. The molecule has 0 aliphatic carbocycles. The molecule has 0 saturated carbocycles. The van der Waals surface area contributed by atoms with E-state index < -0.39 is 4.92 Å². The highest BCUT2D eigenvalue weighted by Crippen LogP contribution is 2.33. The number of nitro groups is 1. The number of nitrogens with zero attached hydrogens (tertiary/aromatic N) is 1. The molecule has 124 valence electrons. The fraction of sp³-hybridized carbons (Fsp3) is 0.0625. The molecule has 5 nitrogen and oxygen atoms in total. The van der Waals surface area contributed by atoms with E-state index >= 15 is 0 Å². The molecule has 0 heterocycles. The van der Waals surface area contributed by atoms with Gasteiger partial charge in [0.2, 0.25) is 0 Å². The van der Waals surface area contributed by atoms with Crippen molar-refractivity contribution >= 4 is 58.0 Å². The highest BCUT2D eigenvalue weighted by atomic mass is 35.5. The van der Waals surface area contributed by atoms with Crippen molar-refractivity contribution < 1.29 is 9.72 Å². The summed E-state index contributed by atoms with van der Waals surface area (Å²) in [4.78, 5) is 22.8. The second-order valence-electron chi connectivity index (χ2n) is 4.70. The first-order chi connectivity index (χ1) is 11.3. The number of allylic oxidation sites excluding steroid dienone is 1. The van der Waals surface area contributed by atoms with Crippen LogP contribution in [-0.2, 0) is 0 Å². The fourth-order valence-corrected chi connectivity index (χ4v) is 2.62. The predicted molar refractivity (Wildman–Crippen MR) is 97.5 cm³/mol. The van der Waals surface area contributed by atoms with Crippen molar-refractivity contribution in [2.45, 2.75) is 0 Å². The Hall–Kier alpha value is -2.08. The average Bonchev–Trinajstić information content (AvgIpc) is 2.57. The summed E-state index contributed by atoms with van der Waals surface area (Å²) in [5.41, 5.74) is 1.00. The first-order valence-electron chi connectivity index (χ1n) is 6.67. The monoisotopic (exact) mass is 384 g/mol. The van der Waals surface area contributed by atoms with Gasteiger partial charge in [0.25, 0.3) is 5.69 Å². The molecular weight excluding hydrogens is 375 g/mol. The smallest absolute Gasteiger partial charge is 0.292 e. The first kappa shape index (κ1) is 18.3. The van der Waals surface area contributed by atoms with Crippen LogP contribution < -0.4 is 5.32 Å². The second kappa shape index (κ2) is 7.66. The van der Waals surface area contributed by atoms with Gasteiger partial charge in [0, 0.05) is 18.7 Å². The molecule has 0 spiro atoms. The number of anilines is 1. The van der Waals surface area contributed by atoms with Crippen LogP contribution in [0.1, 0.15) is 15.9 Å². The van der Waals surface area contributed by atoms with Crippen LogP contribution in [0.3, 0.4) is 0 Å².